The number of fused-ring (bicyclic) bond motifs is 4. The van der Waals surface area contributed by atoms with Gasteiger partial charge >= 0.3 is 5.97 Å². The predicted molar refractivity (Wildman–Crippen MR) is 112 cm³/mol. The minimum Gasteiger partial charge on any atom is -0.478 e. The van der Waals surface area contributed by atoms with Crippen molar-refractivity contribution < 1.29 is 14.3 Å². The van der Waals surface area contributed by atoms with Crippen LogP contribution >= 0.6 is 12.4 Å². The monoisotopic (exact) mass is 406 g/mol. The molecule has 6 heteroatoms. The van der Waals surface area contributed by atoms with E-state index >= 15 is 0 Å². The highest BCUT2D eigenvalue weighted by molar-refractivity contribution is 6.06. The Balaban J connectivity index is 0.00000205. The number of aromatic carboxylic acids is 1. The number of halogens is 2. The van der Waals surface area contributed by atoms with Crippen LogP contribution in [-0.2, 0) is 12.8 Å². The Kier molecular flexibility index (Phi) is 4.76. The van der Waals surface area contributed by atoms with Crippen LogP contribution in [0.2, 0.25) is 0 Å². The van der Waals surface area contributed by atoms with Crippen LogP contribution in [0.4, 0.5) is 4.39 Å². The molecule has 2 heterocycles. The van der Waals surface area contributed by atoms with Gasteiger partial charge in [-0.25, -0.2) is 14.2 Å². The number of hydrogen-bond acceptors (Lipinski definition) is 3. The van der Waals surface area contributed by atoms with Gasteiger partial charge in [0.15, 0.2) is 0 Å². The van der Waals surface area contributed by atoms with E-state index in [-0.39, 0.29) is 18.0 Å². The first-order valence-corrected chi connectivity index (χ1v) is 9.01. The van der Waals surface area contributed by atoms with Crippen molar-refractivity contribution in [2.75, 3.05) is 0 Å². The van der Waals surface area contributed by atoms with E-state index < -0.39 is 11.8 Å². The number of nitrogens with zero attached hydrogens (tertiary/aromatic N) is 2. The average molecular weight is 407 g/mol. The maximum absolute atomic E-state index is 13.7. The predicted octanol–water partition coefficient (Wildman–Crippen LogP) is 5.32. The molecule has 29 heavy (non-hydrogen) atoms. The number of aromatic nitrogens is 2. The van der Waals surface area contributed by atoms with Gasteiger partial charge in [-0.15, -0.1) is 12.4 Å². The molecule has 0 radical (unpaired) electrons. The summed E-state index contributed by atoms with van der Waals surface area (Å²) >= 11 is 0. The summed E-state index contributed by atoms with van der Waals surface area (Å²) in [6.45, 7) is 0. The molecular weight excluding hydrogens is 391 g/mol. The Morgan fingerprint density at radius 2 is 1.90 bits per heavy atom. The van der Waals surface area contributed by atoms with Crippen LogP contribution in [0.1, 0.15) is 21.5 Å². The molecule has 2 aromatic carbocycles. The van der Waals surface area contributed by atoms with E-state index in [0.29, 0.717) is 35.0 Å². The Labute approximate surface area is 172 Å². The molecule has 0 saturated heterocycles. The van der Waals surface area contributed by atoms with Crippen LogP contribution in [0.25, 0.3) is 33.3 Å². The van der Waals surface area contributed by atoms with E-state index in [0.717, 1.165) is 22.3 Å². The van der Waals surface area contributed by atoms with Crippen molar-refractivity contribution in [1.82, 2.24) is 9.97 Å². The average Bonchev–Trinajstić information content (AvgIpc) is 2.72. The molecule has 1 aliphatic carbocycles. The van der Waals surface area contributed by atoms with Gasteiger partial charge in [0, 0.05) is 23.3 Å². The molecule has 0 atom stereocenters. The van der Waals surface area contributed by atoms with Gasteiger partial charge in [-0.05, 0) is 59.4 Å². The molecule has 4 aromatic rings. The normalized spacial score (nSPS) is 12.0. The molecule has 0 spiro atoms. The highest BCUT2D eigenvalue weighted by atomic mass is 35.5. The van der Waals surface area contributed by atoms with Crippen LogP contribution in [0, 0.1) is 5.82 Å². The smallest absolute Gasteiger partial charge is 0.336 e. The molecule has 0 fully saturated rings. The van der Waals surface area contributed by atoms with Crippen molar-refractivity contribution >= 4 is 29.3 Å². The molecule has 1 N–H and O–H groups in total. The first-order valence-electron chi connectivity index (χ1n) is 9.01. The first-order chi connectivity index (χ1) is 13.6. The topological polar surface area (TPSA) is 63.1 Å². The maximum Gasteiger partial charge on any atom is 0.336 e. The number of aryl methyl sites for hydroxylation is 1. The Hall–Kier alpha value is -3.31. The van der Waals surface area contributed by atoms with Crippen molar-refractivity contribution in [2.24, 2.45) is 0 Å². The third-order valence-corrected chi connectivity index (χ3v) is 5.26. The van der Waals surface area contributed by atoms with Crippen LogP contribution < -0.4 is 0 Å². The lowest BCUT2D eigenvalue weighted by Crippen LogP contribution is -2.13. The number of benzene rings is 2. The summed E-state index contributed by atoms with van der Waals surface area (Å²) in [7, 11) is 0. The molecular formula is C23H16ClFN2O2. The second kappa shape index (κ2) is 7.26. The number of rotatable bonds is 2. The fourth-order valence-corrected chi connectivity index (χ4v) is 3.99. The Bertz CT molecular complexity index is 1260. The van der Waals surface area contributed by atoms with Crippen molar-refractivity contribution in [1.29, 1.82) is 0 Å². The van der Waals surface area contributed by atoms with Crippen molar-refractivity contribution in [3.8, 4) is 22.4 Å². The summed E-state index contributed by atoms with van der Waals surface area (Å²) in [6.07, 6.45) is 4.82. The SMILES string of the molecule is Cl.O=C(O)c1c2c(nc3ccc(F)cc13)-c1ccc(-c3cccnc3)cc1CC2. The fraction of sp³-hybridized carbons (Fsp3) is 0.0870. The quantitative estimate of drug-likeness (QED) is 0.489. The van der Waals surface area contributed by atoms with E-state index in [4.69, 9.17) is 4.98 Å². The lowest BCUT2D eigenvalue weighted by Gasteiger charge is -2.22. The van der Waals surface area contributed by atoms with Crippen LogP contribution in [0.15, 0.2) is 60.9 Å². The summed E-state index contributed by atoms with van der Waals surface area (Å²) < 4.78 is 13.7. The number of carbonyl (C=O) groups is 1. The lowest BCUT2D eigenvalue weighted by atomic mass is 9.84. The highest BCUT2D eigenvalue weighted by Crippen LogP contribution is 2.38. The molecule has 4 nitrogen and oxygen atoms in total. The standard InChI is InChI=1S/C23H15FN2O2.ClH/c24-16-5-8-20-19(11-16)21(23(27)28)18-7-4-14-10-13(15-2-1-9-25-12-15)3-6-17(14)22(18)26-20;/h1-3,5-6,8-12H,4,7H2,(H,27,28);1H. The van der Waals surface area contributed by atoms with Crippen molar-refractivity contribution in [2.45, 2.75) is 12.8 Å². The first kappa shape index (κ1) is 19.0. The molecule has 144 valence electrons. The molecule has 0 amide bonds. The Morgan fingerprint density at radius 3 is 2.66 bits per heavy atom. The molecule has 0 saturated carbocycles. The zero-order valence-corrected chi connectivity index (χ0v) is 16.0. The fourth-order valence-electron chi connectivity index (χ4n) is 3.99. The molecule has 5 rings (SSSR count). The van der Waals surface area contributed by atoms with E-state index in [1.54, 1.807) is 6.20 Å². The van der Waals surface area contributed by atoms with Gasteiger partial charge in [0.1, 0.15) is 5.82 Å². The van der Waals surface area contributed by atoms with Gasteiger partial charge in [0.2, 0.25) is 0 Å². The van der Waals surface area contributed by atoms with Gasteiger partial charge in [-0.3, -0.25) is 4.98 Å². The second-order valence-electron chi connectivity index (χ2n) is 6.89. The second-order valence-corrected chi connectivity index (χ2v) is 6.89. The van der Waals surface area contributed by atoms with E-state index in [1.165, 1.54) is 18.2 Å². The zero-order chi connectivity index (χ0) is 19.3. The van der Waals surface area contributed by atoms with E-state index in [2.05, 4.69) is 11.1 Å². The van der Waals surface area contributed by atoms with Crippen molar-refractivity contribution in [3.05, 3.63) is 83.4 Å². The summed E-state index contributed by atoms with van der Waals surface area (Å²) in [6, 6.07) is 14.1. The third-order valence-electron chi connectivity index (χ3n) is 5.26. The van der Waals surface area contributed by atoms with Crippen LogP contribution in [-0.4, -0.2) is 21.0 Å². The molecule has 0 bridgehead atoms. The van der Waals surface area contributed by atoms with Gasteiger partial charge in [-0.2, -0.15) is 0 Å². The summed E-state index contributed by atoms with van der Waals surface area (Å²) in [5.74, 6) is -1.52. The largest absolute Gasteiger partial charge is 0.478 e. The summed E-state index contributed by atoms with van der Waals surface area (Å²) in [5, 5.41) is 10.2. The van der Waals surface area contributed by atoms with Crippen molar-refractivity contribution in [3.63, 3.8) is 0 Å². The molecule has 2 aromatic heterocycles. The van der Waals surface area contributed by atoms with Gasteiger partial charge in [-0.1, -0.05) is 24.3 Å². The number of carboxylic acids is 1. The van der Waals surface area contributed by atoms with Gasteiger partial charge in [0.05, 0.1) is 16.8 Å². The van der Waals surface area contributed by atoms with Gasteiger partial charge in [0.25, 0.3) is 0 Å². The van der Waals surface area contributed by atoms with Gasteiger partial charge < -0.3 is 5.11 Å². The summed E-state index contributed by atoms with van der Waals surface area (Å²) in [5.41, 5.74) is 6.15. The van der Waals surface area contributed by atoms with Crippen LogP contribution in [0.3, 0.4) is 0 Å². The van der Waals surface area contributed by atoms with Crippen LogP contribution in [0.5, 0.6) is 0 Å². The number of carboxylic acid groups (broad SMARTS) is 1. The minimum absolute atomic E-state index is 0. The zero-order valence-electron chi connectivity index (χ0n) is 15.2. The minimum atomic E-state index is -1.05. The number of hydrogen-bond donors (Lipinski definition) is 1. The Morgan fingerprint density at radius 1 is 1.03 bits per heavy atom. The van der Waals surface area contributed by atoms with E-state index in [9.17, 15) is 14.3 Å². The molecule has 0 unspecified atom stereocenters. The third kappa shape index (κ3) is 3.13. The molecule has 0 aliphatic heterocycles. The maximum atomic E-state index is 13.7. The van der Waals surface area contributed by atoms with E-state index in [1.807, 2.05) is 30.5 Å². The number of pyridine rings is 2. The summed E-state index contributed by atoms with van der Waals surface area (Å²) in [4.78, 5) is 20.9. The molecule has 1 aliphatic rings. The lowest BCUT2D eigenvalue weighted by molar-refractivity contribution is 0.0698. The highest BCUT2D eigenvalue weighted by Gasteiger charge is 2.26.